The van der Waals surface area contributed by atoms with Crippen LogP contribution < -0.4 is 10.1 Å². The van der Waals surface area contributed by atoms with Crippen molar-refractivity contribution in [2.24, 2.45) is 5.92 Å². The van der Waals surface area contributed by atoms with Crippen LogP contribution in [-0.4, -0.2) is 45.0 Å². The van der Waals surface area contributed by atoms with E-state index in [1.807, 2.05) is 0 Å². The van der Waals surface area contributed by atoms with Gasteiger partial charge in [0.1, 0.15) is 5.75 Å². The lowest BCUT2D eigenvalue weighted by atomic mass is 9.94. The van der Waals surface area contributed by atoms with Gasteiger partial charge in [-0.2, -0.15) is 4.31 Å². The van der Waals surface area contributed by atoms with Crippen LogP contribution in [0.3, 0.4) is 0 Å². The van der Waals surface area contributed by atoms with Crippen LogP contribution >= 0.6 is 0 Å². The maximum absolute atomic E-state index is 13.0. The molecule has 0 bridgehead atoms. The number of ether oxygens (including phenoxy) is 1. The fraction of sp³-hybridized carbons (Fsp3) is 0.600. The molecule has 2 fully saturated rings. The standard InChI is InChI=1S/C15H20N2O3S/c18-21(19,13-3-4-15-11(8-13)5-7-20-15)17-6-1-2-12-9-16-10-14(12)17/h3-4,8,12,14,16H,1-2,5-7,9-10H2. The molecule has 0 radical (unpaired) electrons. The van der Waals surface area contributed by atoms with E-state index in [4.69, 9.17) is 4.74 Å². The SMILES string of the molecule is O=S(=O)(c1ccc2c(c1)CCO2)N1CCCC2CNCC21. The second-order valence-electron chi connectivity index (χ2n) is 6.11. The van der Waals surface area contributed by atoms with Gasteiger partial charge in [-0.05, 0) is 49.1 Å². The Bertz CT molecular complexity index is 659. The number of fused-ring (bicyclic) bond motifs is 2. The molecule has 2 saturated heterocycles. The molecule has 0 aliphatic carbocycles. The number of sulfonamides is 1. The maximum atomic E-state index is 13.0. The highest BCUT2D eigenvalue weighted by Gasteiger charge is 2.41. The molecule has 1 N–H and O–H groups in total. The van der Waals surface area contributed by atoms with Crippen molar-refractivity contribution < 1.29 is 13.2 Å². The Morgan fingerprint density at radius 2 is 2.19 bits per heavy atom. The summed E-state index contributed by atoms with van der Waals surface area (Å²) in [5.74, 6) is 1.29. The molecule has 3 aliphatic rings. The minimum absolute atomic E-state index is 0.119. The zero-order chi connectivity index (χ0) is 14.4. The normalized spacial score (nSPS) is 29.0. The van der Waals surface area contributed by atoms with Crippen LogP contribution in [0, 0.1) is 5.92 Å². The summed E-state index contributed by atoms with van der Waals surface area (Å²) in [5, 5.41) is 3.33. The van der Waals surface area contributed by atoms with Crippen LogP contribution in [0.25, 0.3) is 0 Å². The summed E-state index contributed by atoms with van der Waals surface area (Å²) in [5.41, 5.74) is 1.01. The van der Waals surface area contributed by atoms with E-state index in [-0.39, 0.29) is 6.04 Å². The summed E-state index contributed by atoms with van der Waals surface area (Å²) in [6.07, 6.45) is 2.88. The van der Waals surface area contributed by atoms with Crippen LogP contribution in [0.1, 0.15) is 18.4 Å². The minimum Gasteiger partial charge on any atom is -0.493 e. The summed E-state index contributed by atoms with van der Waals surface area (Å²) in [7, 11) is -3.40. The molecule has 3 heterocycles. The van der Waals surface area contributed by atoms with Crippen molar-refractivity contribution in [2.75, 3.05) is 26.2 Å². The van der Waals surface area contributed by atoms with Crippen LogP contribution in [0.4, 0.5) is 0 Å². The largest absolute Gasteiger partial charge is 0.493 e. The Morgan fingerprint density at radius 3 is 3.10 bits per heavy atom. The first-order chi connectivity index (χ1) is 10.2. The molecule has 0 amide bonds. The molecule has 2 unspecified atom stereocenters. The van der Waals surface area contributed by atoms with E-state index in [1.165, 1.54) is 0 Å². The van der Waals surface area contributed by atoms with Gasteiger partial charge >= 0.3 is 0 Å². The number of hydrogen-bond donors (Lipinski definition) is 1. The number of piperidine rings is 1. The van der Waals surface area contributed by atoms with Gasteiger partial charge in [0.05, 0.1) is 11.5 Å². The van der Waals surface area contributed by atoms with Crippen molar-refractivity contribution in [3.63, 3.8) is 0 Å². The first-order valence-electron chi connectivity index (χ1n) is 7.64. The van der Waals surface area contributed by atoms with E-state index >= 15 is 0 Å². The van der Waals surface area contributed by atoms with E-state index in [9.17, 15) is 8.42 Å². The fourth-order valence-electron chi connectivity index (χ4n) is 3.78. The molecule has 5 nitrogen and oxygen atoms in total. The molecule has 6 heteroatoms. The predicted molar refractivity (Wildman–Crippen MR) is 78.9 cm³/mol. The number of nitrogens with zero attached hydrogens (tertiary/aromatic N) is 1. The Hall–Kier alpha value is -1.11. The van der Waals surface area contributed by atoms with Crippen LogP contribution in [0.5, 0.6) is 5.75 Å². The minimum atomic E-state index is -3.40. The van der Waals surface area contributed by atoms with Gasteiger partial charge in [-0.3, -0.25) is 0 Å². The first kappa shape index (κ1) is 13.5. The summed E-state index contributed by atoms with van der Waals surface area (Å²) in [6, 6.07) is 5.40. The van der Waals surface area contributed by atoms with Gasteiger partial charge in [-0.15, -0.1) is 0 Å². The molecule has 114 valence electrons. The topological polar surface area (TPSA) is 58.6 Å². The lowest BCUT2D eigenvalue weighted by Crippen LogP contribution is -2.48. The summed E-state index contributed by atoms with van der Waals surface area (Å²) in [6.45, 7) is 3.00. The molecular weight excluding hydrogens is 288 g/mol. The molecule has 1 aromatic carbocycles. The van der Waals surface area contributed by atoms with Crippen molar-refractivity contribution in [1.82, 2.24) is 9.62 Å². The van der Waals surface area contributed by atoms with E-state index < -0.39 is 10.0 Å². The van der Waals surface area contributed by atoms with Gasteiger partial charge in [-0.1, -0.05) is 0 Å². The van der Waals surface area contributed by atoms with Crippen molar-refractivity contribution >= 4 is 10.0 Å². The first-order valence-corrected chi connectivity index (χ1v) is 9.08. The van der Waals surface area contributed by atoms with Gasteiger partial charge < -0.3 is 10.1 Å². The quantitative estimate of drug-likeness (QED) is 0.885. The Kier molecular flexibility index (Phi) is 3.20. The number of hydrogen-bond acceptors (Lipinski definition) is 4. The highest BCUT2D eigenvalue weighted by Crippen LogP contribution is 2.33. The van der Waals surface area contributed by atoms with Gasteiger partial charge in [0, 0.05) is 25.6 Å². The third-order valence-electron chi connectivity index (χ3n) is 4.89. The number of nitrogens with one attached hydrogen (secondary N) is 1. The fourth-order valence-corrected chi connectivity index (χ4v) is 5.56. The highest BCUT2D eigenvalue weighted by atomic mass is 32.2. The summed E-state index contributed by atoms with van der Waals surface area (Å²) >= 11 is 0. The third kappa shape index (κ3) is 2.17. The summed E-state index contributed by atoms with van der Waals surface area (Å²) < 4.78 is 33.2. The van der Waals surface area contributed by atoms with E-state index in [1.54, 1.807) is 22.5 Å². The van der Waals surface area contributed by atoms with Crippen LogP contribution in [0.2, 0.25) is 0 Å². The molecule has 0 aromatic heterocycles. The molecule has 1 aromatic rings. The molecule has 3 aliphatic heterocycles. The maximum Gasteiger partial charge on any atom is 0.243 e. The van der Waals surface area contributed by atoms with Crippen molar-refractivity contribution in [3.8, 4) is 5.75 Å². The molecule has 0 spiro atoms. The lowest BCUT2D eigenvalue weighted by Gasteiger charge is -2.35. The second kappa shape index (κ2) is 4.97. The van der Waals surface area contributed by atoms with Gasteiger partial charge in [0.25, 0.3) is 0 Å². The van der Waals surface area contributed by atoms with Gasteiger partial charge in [0.15, 0.2) is 0 Å². The Balaban J connectivity index is 1.69. The average Bonchev–Trinajstić information content (AvgIpc) is 3.14. The molecule has 21 heavy (non-hydrogen) atoms. The molecule has 4 rings (SSSR count). The van der Waals surface area contributed by atoms with E-state index in [0.717, 1.165) is 43.7 Å². The highest BCUT2D eigenvalue weighted by molar-refractivity contribution is 7.89. The monoisotopic (exact) mass is 308 g/mol. The number of rotatable bonds is 2. The van der Waals surface area contributed by atoms with Gasteiger partial charge in [0.2, 0.25) is 10.0 Å². The lowest BCUT2D eigenvalue weighted by molar-refractivity contribution is 0.217. The van der Waals surface area contributed by atoms with Crippen LogP contribution in [-0.2, 0) is 16.4 Å². The third-order valence-corrected chi connectivity index (χ3v) is 6.82. The predicted octanol–water partition coefficient (Wildman–Crippen LogP) is 0.994. The van der Waals surface area contributed by atoms with Crippen molar-refractivity contribution in [1.29, 1.82) is 0 Å². The van der Waals surface area contributed by atoms with E-state index in [2.05, 4.69) is 5.32 Å². The Morgan fingerprint density at radius 1 is 1.29 bits per heavy atom. The zero-order valence-electron chi connectivity index (χ0n) is 11.9. The van der Waals surface area contributed by atoms with E-state index in [0.29, 0.717) is 24.0 Å². The molecule has 2 atom stereocenters. The zero-order valence-corrected chi connectivity index (χ0v) is 12.7. The smallest absolute Gasteiger partial charge is 0.243 e. The molecule has 0 saturated carbocycles. The molecular formula is C15H20N2O3S. The van der Waals surface area contributed by atoms with Crippen molar-refractivity contribution in [3.05, 3.63) is 23.8 Å². The van der Waals surface area contributed by atoms with Crippen molar-refractivity contribution in [2.45, 2.75) is 30.2 Å². The summed E-state index contributed by atoms with van der Waals surface area (Å²) in [4.78, 5) is 0.416. The van der Waals surface area contributed by atoms with Crippen LogP contribution in [0.15, 0.2) is 23.1 Å². The van der Waals surface area contributed by atoms with Gasteiger partial charge in [-0.25, -0.2) is 8.42 Å². The second-order valence-corrected chi connectivity index (χ2v) is 8.00. The average molecular weight is 308 g/mol. The number of benzene rings is 1. The Labute approximate surface area is 125 Å².